The quantitative estimate of drug-likeness (QED) is 0.660. The fraction of sp³-hybridized carbons (Fsp3) is 0.235. The van der Waals surface area contributed by atoms with Crippen molar-refractivity contribution < 1.29 is 0 Å². The van der Waals surface area contributed by atoms with E-state index in [1.807, 2.05) is 18.2 Å². The average Bonchev–Trinajstić information content (AvgIpc) is 2.79. The van der Waals surface area contributed by atoms with Crippen molar-refractivity contribution >= 4 is 38.1 Å². The maximum Gasteiger partial charge on any atom is 0.188 e. The molecule has 3 N–H and O–H groups in total. The van der Waals surface area contributed by atoms with Crippen molar-refractivity contribution in [2.24, 2.45) is 0 Å². The van der Waals surface area contributed by atoms with Crippen molar-refractivity contribution in [1.82, 2.24) is 4.98 Å². The summed E-state index contributed by atoms with van der Waals surface area (Å²) in [5.74, 6) is 0. The summed E-state index contributed by atoms with van der Waals surface area (Å²) < 4.78 is 1.10. The minimum absolute atomic E-state index is 0.173. The molecule has 2 aromatic carbocycles. The minimum Gasteiger partial charge on any atom is -0.399 e. The average molecular weight is 297 g/mol. The second-order valence-corrected chi connectivity index (χ2v) is 7.23. The lowest BCUT2D eigenvalue weighted by Gasteiger charge is -2.19. The minimum atomic E-state index is 0.173. The Morgan fingerprint density at radius 2 is 1.76 bits per heavy atom. The molecule has 0 aliphatic heterocycles. The second kappa shape index (κ2) is 5.04. The number of nitrogens with two attached hydrogens (primary N) is 1. The number of hydrogen-bond acceptors (Lipinski definition) is 4. The molecule has 3 rings (SSSR count). The van der Waals surface area contributed by atoms with E-state index in [1.165, 1.54) is 5.56 Å². The molecule has 3 nitrogen and oxygen atoms in total. The topological polar surface area (TPSA) is 50.9 Å². The van der Waals surface area contributed by atoms with Crippen LogP contribution >= 0.6 is 11.3 Å². The van der Waals surface area contributed by atoms with E-state index in [2.05, 4.69) is 55.3 Å². The first kappa shape index (κ1) is 13.9. The third kappa shape index (κ3) is 3.00. The van der Waals surface area contributed by atoms with Gasteiger partial charge in [0.15, 0.2) is 5.13 Å². The van der Waals surface area contributed by atoms with Gasteiger partial charge in [0.2, 0.25) is 0 Å². The smallest absolute Gasteiger partial charge is 0.188 e. The lowest BCUT2D eigenvalue weighted by atomic mass is 9.87. The molecule has 108 valence electrons. The molecule has 0 atom stereocenters. The Kier molecular flexibility index (Phi) is 3.33. The number of nitrogens with one attached hydrogen (secondary N) is 1. The van der Waals surface area contributed by atoms with Gasteiger partial charge in [0, 0.05) is 11.4 Å². The van der Waals surface area contributed by atoms with Crippen LogP contribution < -0.4 is 11.1 Å². The van der Waals surface area contributed by atoms with Gasteiger partial charge < -0.3 is 11.1 Å². The van der Waals surface area contributed by atoms with E-state index >= 15 is 0 Å². The standard InChI is InChI=1S/C17H19N3S/c1-17(2,3)11-4-7-13(8-5-11)19-16-20-14-9-6-12(18)10-15(14)21-16/h4-10H,18H2,1-3H3,(H,19,20). The van der Waals surface area contributed by atoms with E-state index in [-0.39, 0.29) is 5.41 Å². The van der Waals surface area contributed by atoms with Gasteiger partial charge in [-0.25, -0.2) is 4.98 Å². The van der Waals surface area contributed by atoms with Crippen LogP contribution in [0.15, 0.2) is 42.5 Å². The predicted molar refractivity (Wildman–Crippen MR) is 92.5 cm³/mol. The Morgan fingerprint density at radius 1 is 1.05 bits per heavy atom. The van der Waals surface area contributed by atoms with Crippen LogP contribution in [-0.4, -0.2) is 4.98 Å². The number of hydrogen-bond donors (Lipinski definition) is 2. The van der Waals surface area contributed by atoms with E-state index < -0.39 is 0 Å². The summed E-state index contributed by atoms with van der Waals surface area (Å²) in [6.45, 7) is 6.65. The van der Waals surface area contributed by atoms with Gasteiger partial charge >= 0.3 is 0 Å². The Bertz CT molecular complexity index is 767. The molecule has 0 spiro atoms. The SMILES string of the molecule is CC(C)(C)c1ccc(Nc2nc3ccc(N)cc3s2)cc1. The van der Waals surface area contributed by atoms with Crippen LogP contribution in [0.5, 0.6) is 0 Å². The highest BCUT2D eigenvalue weighted by Gasteiger charge is 2.13. The molecular formula is C17H19N3S. The maximum absolute atomic E-state index is 5.80. The van der Waals surface area contributed by atoms with Gasteiger partial charge in [0.1, 0.15) is 0 Å². The molecule has 0 saturated heterocycles. The van der Waals surface area contributed by atoms with E-state index in [9.17, 15) is 0 Å². The maximum atomic E-state index is 5.80. The van der Waals surface area contributed by atoms with Gasteiger partial charge in [0.25, 0.3) is 0 Å². The summed E-state index contributed by atoms with van der Waals surface area (Å²) in [7, 11) is 0. The van der Waals surface area contributed by atoms with Crippen molar-refractivity contribution in [3.63, 3.8) is 0 Å². The van der Waals surface area contributed by atoms with E-state index in [0.717, 1.165) is 26.7 Å². The van der Waals surface area contributed by atoms with Gasteiger partial charge in [-0.15, -0.1) is 0 Å². The van der Waals surface area contributed by atoms with Gasteiger partial charge in [0.05, 0.1) is 10.2 Å². The van der Waals surface area contributed by atoms with Gasteiger partial charge in [-0.1, -0.05) is 44.2 Å². The molecule has 21 heavy (non-hydrogen) atoms. The fourth-order valence-electron chi connectivity index (χ4n) is 2.17. The fourth-order valence-corrected chi connectivity index (χ4v) is 3.11. The molecule has 0 amide bonds. The van der Waals surface area contributed by atoms with Crippen molar-refractivity contribution in [3.05, 3.63) is 48.0 Å². The molecule has 0 fully saturated rings. The van der Waals surface area contributed by atoms with Crippen LogP contribution in [0.4, 0.5) is 16.5 Å². The van der Waals surface area contributed by atoms with Crippen LogP contribution in [0.2, 0.25) is 0 Å². The van der Waals surface area contributed by atoms with E-state index in [4.69, 9.17) is 5.73 Å². The first-order valence-corrected chi connectivity index (χ1v) is 7.77. The zero-order valence-corrected chi connectivity index (χ0v) is 13.3. The van der Waals surface area contributed by atoms with Crippen LogP contribution in [0.25, 0.3) is 10.2 Å². The Labute approximate surface area is 128 Å². The normalized spacial score (nSPS) is 11.8. The van der Waals surface area contributed by atoms with Crippen LogP contribution in [-0.2, 0) is 5.41 Å². The second-order valence-electron chi connectivity index (χ2n) is 6.20. The van der Waals surface area contributed by atoms with Gasteiger partial charge in [-0.3, -0.25) is 0 Å². The van der Waals surface area contributed by atoms with Gasteiger partial charge in [-0.2, -0.15) is 0 Å². The van der Waals surface area contributed by atoms with Crippen molar-refractivity contribution in [3.8, 4) is 0 Å². The van der Waals surface area contributed by atoms with Crippen LogP contribution in [0.3, 0.4) is 0 Å². The summed E-state index contributed by atoms with van der Waals surface area (Å²) in [5.41, 5.74) is 10.1. The summed E-state index contributed by atoms with van der Waals surface area (Å²) in [4.78, 5) is 4.57. The first-order valence-electron chi connectivity index (χ1n) is 6.95. The van der Waals surface area contributed by atoms with Crippen LogP contribution in [0, 0.1) is 0 Å². The number of anilines is 3. The molecule has 0 aliphatic rings. The highest BCUT2D eigenvalue weighted by molar-refractivity contribution is 7.22. The third-order valence-corrected chi connectivity index (χ3v) is 4.35. The monoisotopic (exact) mass is 297 g/mol. The highest BCUT2D eigenvalue weighted by atomic mass is 32.1. The molecule has 1 heterocycles. The lowest BCUT2D eigenvalue weighted by molar-refractivity contribution is 0.590. The number of fused-ring (bicyclic) bond motifs is 1. The highest BCUT2D eigenvalue weighted by Crippen LogP contribution is 2.30. The summed E-state index contributed by atoms with van der Waals surface area (Å²) in [5, 5.41) is 4.25. The predicted octanol–water partition coefficient (Wildman–Crippen LogP) is 4.92. The molecular weight excluding hydrogens is 278 g/mol. The summed E-state index contributed by atoms with van der Waals surface area (Å²) in [6.07, 6.45) is 0. The van der Waals surface area contributed by atoms with Crippen molar-refractivity contribution in [1.29, 1.82) is 0 Å². The first-order chi connectivity index (χ1) is 9.91. The molecule has 0 bridgehead atoms. The molecule has 0 unspecified atom stereocenters. The lowest BCUT2D eigenvalue weighted by Crippen LogP contribution is -2.10. The number of thiazole rings is 1. The largest absolute Gasteiger partial charge is 0.399 e. The molecule has 0 saturated carbocycles. The zero-order chi connectivity index (χ0) is 15.0. The van der Waals surface area contributed by atoms with E-state index in [1.54, 1.807) is 11.3 Å². The molecule has 1 aromatic heterocycles. The molecule has 0 radical (unpaired) electrons. The number of rotatable bonds is 2. The number of nitrogens with zero attached hydrogens (tertiary/aromatic N) is 1. The summed E-state index contributed by atoms with van der Waals surface area (Å²) in [6, 6.07) is 14.3. The zero-order valence-electron chi connectivity index (χ0n) is 12.5. The Morgan fingerprint density at radius 3 is 2.43 bits per heavy atom. The number of nitrogen functional groups attached to an aromatic ring is 1. The Hall–Kier alpha value is -2.07. The molecule has 3 aromatic rings. The molecule has 0 aliphatic carbocycles. The number of aromatic nitrogens is 1. The van der Waals surface area contributed by atoms with Crippen molar-refractivity contribution in [2.75, 3.05) is 11.1 Å². The van der Waals surface area contributed by atoms with E-state index in [0.29, 0.717) is 0 Å². The third-order valence-electron chi connectivity index (χ3n) is 3.41. The molecule has 4 heteroatoms. The Balaban J connectivity index is 1.84. The van der Waals surface area contributed by atoms with Gasteiger partial charge in [-0.05, 0) is 41.3 Å². The number of benzene rings is 2. The van der Waals surface area contributed by atoms with Crippen molar-refractivity contribution in [2.45, 2.75) is 26.2 Å². The van der Waals surface area contributed by atoms with Crippen LogP contribution in [0.1, 0.15) is 26.3 Å². The summed E-state index contributed by atoms with van der Waals surface area (Å²) >= 11 is 1.61.